The number of benzene rings is 2. The van der Waals surface area contributed by atoms with Gasteiger partial charge in [-0.15, -0.1) is 11.3 Å². The van der Waals surface area contributed by atoms with Crippen LogP contribution in [0.1, 0.15) is 33.3 Å². The number of hydrazone groups is 1. The summed E-state index contributed by atoms with van der Waals surface area (Å²) in [6, 6.07) is 15.9. The van der Waals surface area contributed by atoms with Gasteiger partial charge in [0, 0.05) is 22.5 Å². The van der Waals surface area contributed by atoms with Crippen LogP contribution in [0.15, 0.2) is 71.1 Å². The highest BCUT2D eigenvalue weighted by Gasteiger charge is 2.34. The van der Waals surface area contributed by atoms with E-state index >= 15 is 0 Å². The Morgan fingerprint density at radius 1 is 1.17 bits per heavy atom. The first-order valence-corrected chi connectivity index (χ1v) is 11.9. The van der Waals surface area contributed by atoms with E-state index in [4.69, 9.17) is 0 Å². The summed E-state index contributed by atoms with van der Waals surface area (Å²) in [7, 11) is -3.36. The summed E-state index contributed by atoms with van der Waals surface area (Å²) in [4.78, 5) is 14.1. The van der Waals surface area contributed by atoms with Crippen LogP contribution in [-0.4, -0.2) is 31.3 Å². The topological polar surface area (TPSA) is 78.8 Å². The zero-order chi connectivity index (χ0) is 21.3. The van der Waals surface area contributed by atoms with E-state index in [1.807, 2.05) is 17.5 Å². The van der Waals surface area contributed by atoms with E-state index in [1.54, 1.807) is 30.3 Å². The summed E-state index contributed by atoms with van der Waals surface area (Å²) in [5.74, 6) is -0.857. The molecule has 9 heteroatoms. The van der Waals surface area contributed by atoms with Crippen molar-refractivity contribution in [3.05, 3.63) is 87.9 Å². The Morgan fingerprint density at radius 3 is 2.57 bits per heavy atom. The number of anilines is 1. The van der Waals surface area contributed by atoms with E-state index in [0.717, 1.165) is 16.7 Å². The van der Waals surface area contributed by atoms with Crippen molar-refractivity contribution in [2.24, 2.45) is 5.10 Å². The van der Waals surface area contributed by atoms with Crippen LogP contribution >= 0.6 is 11.3 Å². The quantitative estimate of drug-likeness (QED) is 0.640. The van der Waals surface area contributed by atoms with Crippen LogP contribution in [0.4, 0.5) is 10.1 Å². The van der Waals surface area contributed by atoms with Gasteiger partial charge in [0.25, 0.3) is 5.91 Å². The van der Waals surface area contributed by atoms with Crippen LogP contribution in [0.3, 0.4) is 0 Å². The second kappa shape index (κ2) is 8.00. The maximum absolute atomic E-state index is 13.6. The van der Waals surface area contributed by atoms with Crippen LogP contribution in [-0.2, 0) is 10.0 Å². The van der Waals surface area contributed by atoms with Gasteiger partial charge in [-0.1, -0.05) is 24.3 Å². The van der Waals surface area contributed by atoms with Crippen molar-refractivity contribution >= 4 is 38.7 Å². The molecular formula is C21H18FN3O3S2. The number of carbonyl (C=O) groups excluding carboxylic acids is 1. The molecule has 3 aromatic rings. The van der Waals surface area contributed by atoms with Crippen LogP contribution < -0.4 is 4.72 Å². The second-order valence-electron chi connectivity index (χ2n) is 6.89. The Bertz CT molecular complexity index is 1210. The molecule has 1 aliphatic rings. The first-order chi connectivity index (χ1) is 14.3. The fraction of sp³-hybridized carbons (Fsp3) is 0.143. The normalized spacial score (nSPS) is 16.4. The predicted octanol–water partition coefficient (Wildman–Crippen LogP) is 4.25. The van der Waals surface area contributed by atoms with Gasteiger partial charge in [0.15, 0.2) is 0 Å². The lowest BCUT2D eigenvalue weighted by Crippen LogP contribution is -2.26. The molecule has 30 heavy (non-hydrogen) atoms. The maximum atomic E-state index is 13.6. The molecule has 2 heterocycles. The predicted molar refractivity (Wildman–Crippen MR) is 116 cm³/mol. The molecule has 0 bridgehead atoms. The van der Waals surface area contributed by atoms with Gasteiger partial charge in [-0.05, 0) is 47.3 Å². The fourth-order valence-electron chi connectivity index (χ4n) is 3.27. The average Bonchev–Trinajstić information content (AvgIpc) is 3.36. The van der Waals surface area contributed by atoms with Crippen LogP contribution in [0.5, 0.6) is 0 Å². The third-order valence-electron chi connectivity index (χ3n) is 4.58. The third kappa shape index (κ3) is 4.42. The number of hydrogen-bond donors (Lipinski definition) is 1. The zero-order valence-corrected chi connectivity index (χ0v) is 17.6. The molecule has 154 valence electrons. The molecule has 1 N–H and O–H groups in total. The summed E-state index contributed by atoms with van der Waals surface area (Å²) in [5, 5.41) is 7.89. The van der Waals surface area contributed by atoms with Crippen molar-refractivity contribution in [3.8, 4) is 0 Å². The summed E-state index contributed by atoms with van der Waals surface area (Å²) < 4.78 is 38.8. The second-order valence-corrected chi connectivity index (χ2v) is 9.62. The van der Waals surface area contributed by atoms with Gasteiger partial charge in [-0.2, -0.15) is 5.10 Å². The molecule has 1 aliphatic heterocycles. The monoisotopic (exact) mass is 443 g/mol. The average molecular weight is 444 g/mol. The van der Waals surface area contributed by atoms with Gasteiger partial charge < -0.3 is 0 Å². The highest BCUT2D eigenvalue weighted by atomic mass is 32.2. The smallest absolute Gasteiger partial charge is 0.274 e. The lowest BCUT2D eigenvalue weighted by Gasteiger charge is -2.20. The number of nitrogens with zero attached hydrogens (tertiary/aromatic N) is 2. The van der Waals surface area contributed by atoms with Crippen molar-refractivity contribution in [1.29, 1.82) is 0 Å². The zero-order valence-electron chi connectivity index (χ0n) is 15.9. The lowest BCUT2D eigenvalue weighted by molar-refractivity contribution is 0.0713. The minimum absolute atomic E-state index is 0.231. The number of halogens is 1. The van der Waals surface area contributed by atoms with Gasteiger partial charge in [-0.3, -0.25) is 9.52 Å². The molecule has 0 saturated heterocycles. The highest BCUT2D eigenvalue weighted by Crippen LogP contribution is 2.36. The molecule has 0 unspecified atom stereocenters. The number of thiophene rings is 1. The molecule has 0 saturated carbocycles. The minimum atomic E-state index is -3.36. The van der Waals surface area contributed by atoms with Gasteiger partial charge in [0.2, 0.25) is 10.0 Å². The van der Waals surface area contributed by atoms with Crippen molar-refractivity contribution in [2.45, 2.75) is 12.5 Å². The number of sulfonamides is 1. The number of amides is 1. The molecule has 2 aromatic carbocycles. The Morgan fingerprint density at radius 2 is 1.93 bits per heavy atom. The number of nitrogens with one attached hydrogen (secondary N) is 1. The van der Waals surface area contributed by atoms with Gasteiger partial charge in [0.1, 0.15) is 5.82 Å². The maximum Gasteiger partial charge on any atom is 0.274 e. The molecule has 1 amide bonds. The largest absolute Gasteiger partial charge is 0.284 e. The Hall–Kier alpha value is -3.04. The van der Waals surface area contributed by atoms with Crippen LogP contribution in [0, 0.1) is 5.82 Å². The van der Waals surface area contributed by atoms with Gasteiger partial charge in [-0.25, -0.2) is 17.8 Å². The summed E-state index contributed by atoms with van der Waals surface area (Å²) in [6.07, 6.45) is 1.59. The lowest BCUT2D eigenvalue weighted by atomic mass is 10.0. The standard InChI is InChI=1S/C21H18FN3O3S2/c1-30(27,28)24-17-9-7-14(8-10-17)18-13-19(20-6-3-11-29-20)25(23-18)21(26)15-4-2-5-16(22)12-15/h2-12,19,24H,13H2,1H3/t19-/m0/s1. The first kappa shape index (κ1) is 20.2. The molecule has 0 aliphatic carbocycles. The number of hydrogen-bond acceptors (Lipinski definition) is 5. The Kier molecular flexibility index (Phi) is 5.40. The fourth-order valence-corrected chi connectivity index (χ4v) is 4.65. The number of carbonyl (C=O) groups is 1. The molecule has 4 rings (SSSR count). The van der Waals surface area contributed by atoms with Crippen molar-refractivity contribution < 1.29 is 17.6 Å². The van der Waals surface area contributed by atoms with E-state index in [2.05, 4.69) is 9.82 Å². The third-order valence-corrected chi connectivity index (χ3v) is 6.16. The van der Waals surface area contributed by atoms with Crippen molar-refractivity contribution in [2.75, 3.05) is 11.0 Å². The highest BCUT2D eigenvalue weighted by molar-refractivity contribution is 7.92. The molecule has 0 fully saturated rings. The van der Waals surface area contributed by atoms with E-state index in [1.165, 1.54) is 34.5 Å². The van der Waals surface area contributed by atoms with E-state index in [-0.39, 0.29) is 17.5 Å². The Balaban J connectivity index is 1.66. The van der Waals surface area contributed by atoms with E-state index in [9.17, 15) is 17.6 Å². The molecule has 0 radical (unpaired) electrons. The molecule has 1 aromatic heterocycles. The van der Waals surface area contributed by atoms with Crippen molar-refractivity contribution in [1.82, 2.24) is 5.01 Å². The summed E-state index contributed by atoms with van der Waals surface area (Å²) in [5.41, 5.74) is 2.16. The van der Waals surface area contributed by atoms with Gasteiger partial charge in [0.05, 0.1) is 18.0 Å². The first-order valence-electron chi connectivity index (χ1n) is 9.08. The van der Waals surface area contributed by atoms with Crippen LogP contribution in [0.2, 0.25) is 0 Å². The van der Waals surface area contributed by atoms with Gasteiger partial charge >= 0.3 is 0 Å². The molecule has 0 spiro atoms. The molecule has 6 nitrogen and oxygen atoms in total. The van der Waals surface area contributed by atoms with Crippen LogP contribution in [0.25, 0.3) is 0 Å². The number of rotatable bonds is 5. The molecule has 1 atom stereocenters. The Labute approximate surface area is 177 Å². The summed E-state index contributed by atoms with van der Waals surface area (Å²) in [6.45, 7) is 0. The van der Waals surface area contributed by atoms with Crippen molar-refractivity contribution in [3.63, 3.8) is 0 Å². The summed E-state index contributed by atoms with van der Waals surface area (Å²) >= 11 is 1.53. The van der Waals surface area contributed by atoms with E-state index < -0.39 is 15.8 Å². The SMILES string of the molecule is CS(=O)(=O)Nc1ccc(C2=NN(C(=O)c3cccc(F)c3)[C@H](c3cccs3)C2)cc1. The minimum Gasteiger partial charge on any atom is -0.284 e. The van der Waals surface area contributed by atoms with E-state index in [0.29, 0.717) is 17.8 Å². The molecular weight excluding hydrogens is 425 g/mol.